The summed E-state index contributed by atoms with van der Waals surface area (Å²) in [5, 5.41) is 18.9. The zero-order chi connectivity index (χ0) is 19.8. The van der Waals surface area contributed by atoms with E-state index in [0.717, 1.165) is 36.5 Å². The van der Waals surface area contributed by atoms with Crippen molar-refractivity contribution < 1.29 is 9.84 Å². The summed E-state index contributed by atoms with van der Waals surface area (Å²) in [6.07, 6.45) is 1.89. The molecule has 0 saturated carbocycles. The van der Waals surface area contributed by atoms with Gasteiger partial charge in [-0.2, -0.15) is 10.1 Å². The van der Waals surface area contributed by atoms with Crippen LogP contribution in [0.1, 0.15) is 34.7 Å². The van der Waals surface area contributed by atoms with Gasteiger partial charge in [0.1, 0.15) is 11.6 Å². The van der Waals surface area contributed by atoms with Crippen LogP contribution in [0.15, 0.2) is 47.6 Å². The Balaban J connectivity index is 1.50. The summed E-state index contributed by atoms with van der Waals surface area (Å²) in [6, 6.07) is 14.1. The van der Waals surface area contributed by atoms with E-state index in [1.54, 1.807) is 7.11 Å². The lowest BCUT2D eigenvalue weighted by molar-refractivity contribution is 0.413. The van der Waals surface area contributed by atoms with Gasteiger partial charge in [0.25, 0.3) is 0 Å². The van der Waals surface area contributed by atoms with E-state index in [2.05, 4.69) is 39.0 Å². The standard InChI is InChI=1S/C22H23N5O2/c1-29-16-4-2-3-14(7-16)18-11-23-12-19(18)21-26-20-6-5-13(15-9-24-25-10-15)8-17(20)22(28)27-21/h2-9,15,18-19,23,25H,10-12H2,1H3,(H,26,27,28)/t15?,18-,19+/m0/s1. The first kappa shape index (κ1) is 17.9. The third-order valence-corrected chi connectivity index (χ3v) is 5.87. The number of benzene rings is 2. The normalized spacial score (nSPS) is 23.4. The monoisotopic (exact) mass is 389 g/mol. The first-order valence-electron chi connectivity index (χ1n) is 9.84. The molecule has 1 aromatic heterocycles. The van der Waals surface area contributed by atoms with Crippen LogP contribution in [-0.2, 0) is 0 Å². The van der Waals surface area contributed by atoms with Crippen LogP contribution in [-0.4, -0.2) is 48.0 Å². The van der Waals surface area contributed by atoms with Crippen LogP contribution in [0.4, 0.5) is 0 Å². The van der Waals surface area contributed by atoms with E-state index in [4.69, 9.17) is 9.72 Å². The molecule has 1 unspecified atom stereocenters. The maximum Gasteiger partial charge on any atom is 0.222 e. The topological polar surface area (TPSA) is 91.7 Å². The van der Waals surface area contributed by atoms with Crippen molar-refractivity contribution in [2.75, 3.05) is 26.7 Å². The molecule has 148 valence electrons. The molecule has 7 nitrogen and oxygen atoms in total. The molecule has 2 aliphatic heterocycles. The summed E-state index contributed by atoms with van der Waals surface area (Å²) in [7, 11) is 1.68. The number of nitrogens with one attached hydrogen (secondary N) is 2. The fraction of sp³-hybridized carbons (Fsp3) is 0.318. The lowest BCUT2D eigenvalue weighted by Crippen LogP contribution is -2.13. The number of ether oxygens (including phenoxy) is 1. The highest BCUT2D eigenvalue weighted by Gasteiger charge is 2.32. The van der Waals surface area contributed by atoms with Crippen molar-refractivity contribution >= 4 is 17.1 Å². The summed E-state index contributed by atoms with van der Waals surface area (Å²) in [4.78, 5) is 9.31. The van der Waals surface area contributed by atoms with Crippen LogP contribution in [0.3, 0.4) is 0 Å². The summed E-state index contributed by atoms with van der Waals surface area (Å²) in [5.74, 6) is 2.06. The van der Waals surface area contributed by atoms with Gasteiger partial charge in [-0.15, -0.1) is 0 Å². The average molecular weight is 389 g/mol. The molecule has 29 heavy (non-hydrogen) atoms. The lowest BCUT2D eigenvalue weighted by atomic mass is 9.88. The number of nitrogens with zero attached hydrogens (tertiary/aromatic N) is 3. The van der Waals surface area contributed by atoms with Crippen LogP contribution in [0.2, 0.25) is 0 Å². The molecule has 1 fully saturated rings. The smallest absolute Gasteiger partial charge is 0.222 e. The Morgan fingerprint density at radius 2 is 1.90 bits per heavy atom. The van der Waals surface area contributed by atoms with Crippen molar-refractivity contribution in [3.63, 3.8) is 0 Å². The third kappa shape index (κ3) is 3.27. The SMILES string of the molecule is COc1cccc([C@@H]2CNC[C@H]2c2nc(O)c3cc(C4C=NNC4)ccc3n2)c1. The van der Waals surface area contributed by atoms with Gasteiger partial charge >= 0.3 is 0 Å². The Bertz CT molecular complexity index is 1080. The third-order valence-electron chi connectivity index (χ3n) is 5.87. The van der Waals surface area contributed by atoms with Crippen molar-refractivity contribution in [1.29, 1.82) is 0 Å². The first-order valence-corrected chi connectivity index (χ1v) is 9.84. The van der Waals surface area contributed by atoms with Crippen molar-refractivity contribution in [2.45, 2.75) is 17.8 Å². The number of hydrogen-bond acceptors (Lipinski definition) is 7. The molecular weight excluding hydrogens is 366 g/mol. The largest absolute Gasteiger partial charge is 0.497 e. The second-order valence-corrected chi connectivity index (χ2v) is 7.58. The predicted molar refractivity (Wildman–Crippen MR) is 112 cm³/mol. The van der Waals surface area contributed by atoms with Gasteiger partial charge in [0.2, 0.25) is 5.88 Å². The molecule has 0 amide bonds. The molecule has 2 aliphatic rings. The Labute approximate surface area is 168 Å². The Morgan fingerprint density at radius 3 is 2.72 bits per heavy atom. The summed E-state index contributed by atoms with van der Waals surface area (Å²) >= 11 is 0. The maximum absolute atomic E-state index is 10.7. The van der Waals surface area contributed by atoms with Gasteiger partial charge in [0, 0.05) is 43.6 Å². The molecular formula is C22H23N5O2. The second kappa shape index (κ2) is 7.33. The fourth-order valence-corrected chi connectivity index (χ4v) is 4.27. The van der Waals surface area contributed by atoms with Gasteiger partial charge < -0.3 is 20.6 Å². The highest BCUT2D eigenvalue weighted by atomic mass is 16.5. The van der Waals surface area contributed by atoms with E-state index in [1.165, 1.54) is 5.56 Å². The van der Waals surface area contributed by atoms with E-state index in [9.17, 15) is 5.11 Å². The number of aromatic hydroxyl groups is 1. The second-order valence-electron chi connectivity index (χ2n) is 7.58. The minimum atomic E-state index is 0.0334. The molecule has 3 atom stereocenters. The van der Waals surface area contributed by atoms with Gasteiger partial charge in [-0.1, -0.05) is 18.2 Å². The Kier molecular flexibility index (Phi) is 4.52. The average Bonchev–Trinajstić information content (AvgIpc) is 3.46. The maximum atomic E-state index is 10.7. The van der Waals surface area contributed by atoms with Gasteiger partial charge in [-0.05, 0) is 35.4 Å². The van der Waals surface area contributed by atoms with Crippen LogP contribution in [0.5, 0.6) is 11.6 Å². The summed E-state index contributed by atoms with van der Waals surface area (Å²) in [6.45, 7) is 2.38. The van der Waals surface area contributed by atoms with Gasteiger partial charge in [0.05, 0.1) is 18.0 Å². The van der Waals surface area contributed by atoms with Crippen LogP contribution < -0.4 is 15.5 Å². The zero-order valence-corrected chi connectivity index (χ0v) is 16.2. The molecule has 5 rings (SSSR count). The van der Waals surface area contributed by atoms with E-state index in [1.807, 2.05) is 30.5 Å². The van der Waals surface area contributed by atoms with Crippen LogP contribution in [0.25, 0.3) is 10.9 Å². The van der Waals surface area contributed by atoms with Crippen LogP contribution >= 0.6 is 0 Å². The molecule has 1 saturated heterocycles. The highest BCUT2D eigenvalue weighted by molar-refractivity contribution is 5.85. The number of methoxy groups -OCH3 is 1. The van der Waals surface area contributed by atoms with Crippen molar-refractivity contribution in [3.8, 4) is 11.6 Å². The number of aromatic nitrogens is 2. The van der Waals surface area contributed by atoms with Gasteiger partial charge in [-0.25, -0.2) is 4.98 Å². The van der Waals surface area contributed by atoms with Crippen molar-refractivity contribution in [3.05, 3.63) is 59.4 Å². The zero-order valence-electron chi connectivity index (χ0n) is 16.2. The fourth-order valence-electron chi connectivity index (χ4n) is 4.27. The lowest BCUT2D eigenvalue weighted by Gasteiger charge is -2.19. The molecule has 2 aromatic carbocycles. The molecule has 3 heterocycles. The number of hydrazone groups is 1. The van der Waals surface area contributed by atoms with E-state index in [0.29, 0.717) is 11.2 Å². The van der Waals surface area contributed by atoms with Crippen molar-refractivity contribution in [1.82, 2.24) is 20.7 Å². The highest BCUT2D eigenvalue weighted by Crippen LogP contribution is 2.37. The number of fused-ring (bicyclic) bond motifs is 1. The number of rotatable bonds is 4. The molecule has 3 N–H and O–H groups in total. The van der Waals surface area contributed by atoms with Crippen LogP contribution in [0, 0.1) is 0 Å². The van der Waals surface area contributed by atoms with E-state index in [-0.39, 0.29) is 23.6 Å². The molecule has 7 heteroatoms. The molecule has 0 aliphatic carbocycles. The molecule has 0 spiro atoms. The molecule has 0 radical (unpaired) electrons. The summed E-state index contributed by atoms with van der Waals surface area (Å²) in [5.41, 5.74) is 6.01. The quantitative estimate of drug-likeness (QED) is 0.635. The Hall–Kier alpha value is -3.19. The summed E-state index contributed by atoms with van der Waals surface area (Å²) < 4.78 is 5.38. The van der Waals surface area contributed by atoms with Gasteiger partial charge in [-0.3, -0.25) is 0 Å². The first-order chi connectivity index (χ1) is 14.2. The molecule has 3 aromatic rings. The molecule has 0 bridgehead atoms. The van der Waals surface area contributed by atoms with E-state index < -0.39 is 0 Å². The van der Waals surface area contributed by atoms with Gasteiger partial charge in [0.15, 0.2) is 0 Å². The minimum absolute atomic E-state index is 0.0334. The predicted octanol–water partition coefficient (Wildman–Crippen LogP) is 2.49. The Morgan fingerprint density at radius 1 is 1.00 bits per heavy atom. The van der Waals surface area contributed by atoms with Crippen molar-refractivity contribution in [2.24, 2.45) is 5.10 Å². The minimum Gasteiger partial charge on any atom is -0.497 e. The van der Waals surface area contributed by atoms with E-state index >= 15 is 0 Å². The number of hydrogen-bond donors (Lipinski definition) is 3.